The molecular formula is C18H32N4O4. The molecule has 0 aromatic heterocycles. The number of carbonyl (C=O) groups is 2. The van der Waals surface area contributed by atoms with Crippen molar-refractivity contribution in [3.8, 4) is 0 Å². The highest BCUT2D eigenvalue weighted by atomic mass is 16.6. The van der Waals surface area contributed by atoms with Crippen LogP contribution in [-0.2, 0) is 19.1 Å². The van der Waals surface area contributed by atoms with Crippen molar-refractivity contribution >= 4 is 11.9 Å². The maximum absolute atomic E-state index is 12.2. The molecule has 2 saturated carbocycles. The standard InChI is InChI=1S/C18H32N4O4/c1-21-17(11-5-3-7-13(17)19)25-15(23)9-10-16(24)26-18(22-2)12-6-4-8-14(18)20/h9-10,13-14,21-22H,3-8,11-12,19-20H2,1-2H3/b10-9-. The SMILES string of the molecule is CNC1(OC(=O)/C=C\C(=O)OC2(NC)CCCCC2N)CCCCC1N. The Morgan fingerprint density at radius 3 is 1.54 bits per heavy atom. The zero-order valence-electron chi connectivity index (χ0n) is 15.8. The molecule has 2 aliphatic rings. The van der Waals surface area contributed by atoms with Gasteiger partial charge in [-0.15, -0.1) is 0 Å². The number of carbonyl (C=O) groups excluding carboxylic acids is 2. The van der Waals surface area contributed by atoms with E-state index in [4.69, 9.17) is 20.9 Å². The van der Waals surface area contributed by atoms with Gasteiger partial charge >= 0.3 is 11.9 Å². The van der Waals surface area contributed by atoms with Gasteiger partial charge in [0, 0.05) is 25.0 Å². The van der Waals surface area contributed by atoms with Crippen LogP contribution in [0.4, 0.5) is 0 Å². The Morgan fingerprint density at radius 1 is 0.846 bits per heavy atom. The monoisotopic (exact) mass is 368 g/mol. The fourth-order valence-corrected chi connectivity index (χ4v) is 3.88. The fraction of sp³-hybridized carbons (Fsp3) is 0.778. The first-order valence-corrected chi connectivity index (χ1v) is 9.40. The number of hydrogen-bond acceptors (Lipinski definition) is 8. The maximum atomic E-state index is 12.2. The van der Waals surface area contributed by atoms with Gasteiger partial charge in [0.25, 0.3) is 0 Å². The molecular weight excluding hydrogens is 336 g/mol. The molecule has 6 N–H and O–H groups in total. The van der Waals surface area contributed by atoms with Crippen LogP contribution in [0.15, 0.2) is 12.2 Å². The minimum absolute atomic E-state index is 0.279. The minimum atomic E-state index is -0.887. The normalized spacial score (nSPS) is 35.2. The Bertz CT molecular complexity index is 495. The molecule has 2 aliphatic carbocycles. The van der Waals surface area contributed by atoms with E-state index in [2.05, 4.69) is 10.6 Å². The van der Waals surface area contributed by atoms with Gasteiger partial charge in [0.05, 0.1) is 12.1 Å². The van der Waals surface area contributed by atoms with Crippen molar-refractivity contribution in [3.63, 3.8) is 0 Å². The molecule has 0 saturated heterocycles. The summed E-state index contributed by atoms with van der Waals surface area (Å²) in [5.41, 5.74) is 10.5. The number of nitrogens with one attached hydrogen (secondary N) is 2. The third-order valence-corrected chi connectivity index (χ3v) is 5.59. The van der Waals surface area contributed by atoms with Gasteiger partial charge in [0.1, 0.15) is 0 Å². The number of esters is 2. The second kappa shape index (κ2) is 8.94. The first kappa shape index (κ1) is 20.8. The second-order valence-corrected chi connectivity index (χ2v) is 7.16. The predicted molar refractivity (Wildman–Crippen MR) is 97.8 cm³/mol. The Balaban J connectivity index is 1.95. The average molecular weight is 368 g/mol. The summed E-state index contributed by atoms with van der Waals surface area (Å²) in [6.45, 7) is 0. The summed E-state index contributed by atoms with van der Waals surface area (Å²) in [4.78, 5) is 24.4. The molecule has 8 heteroatoms. The van der Waals surface area contributed by atoms with Crippen molar-refractivity contribution in [2.24, 2.45) is 11.5 Å². The summed E-state index contributed by atoms with van der Waals surface area (Å²) in [7, 11) is 3.44. The van der Waals surface area contributed by atoms with Crippen LogP contribution in [0.25, 0.3) is 0 Å². The molecule has 0 amide bonds. The number of likely N-dealkylation sites (N-methyl/N-ethyl adjacent to an activating group) is 2. The van der Waals surface area contributed by atoms with Crippen LogP contribution >= 0.6 is 0 Å². The van der Waals surface area contributed by atoms with Crippen LogP contribution in [0.1, 0.15) is 51.4 Å². The molecule has 0 heterocycles. The Morgan fingerprint density at radius 2 is 1.23 bits per heavy atom. The van der Waals surface area contributed by atoms with Crippen molar-refractivity contribution in [2.45, 2.75) is 74.9 Å². The van der Waals surface area contributed by atoms with Gasteiger partial charge in [0.2, 0.25) is 0 Å². The summed E-state index contributed by atoms with van der Waals surface area (Å²) < 4.78 is 11.1. The van der Waals surface area contributed by atoms with E-state index < -0.39 is 23.4 Å². The number of nitrogens with two attached hydrogens (primary N) is 2. The van der Waals surface area contributed by atoms with E-state index in [1.54, 1.807) is 14.1 Å². The molecule has 0 bridgehead atoms. The van der Waals surface area contributed by atoms with Gasteiger partial charge in [-0.2, -0.15) is 0 Å². The van der Waals surface area contributed by atoms with Gasteiger partial charge in [-0.1, -0.05) is 12.8 Å². The Hall–Kier alpha value is -1.48. The Kier molecular flexibility index (Phi) is 7.16. The molecule has 0 aromatic carbocycles. The number of ether oxygens (including phenoxy) is 2. The van der Waals surface area contributed by atoms with Crippen molar-refractivity contribution in [1.82, 2.24) is 10.6 Å². The quantitative estimate of drug-likeness (QED) is 0.299. The molecule has 4 atom stereocenters. The van der Waals surface area contributed by atoms with E-state index in [9.17, 15) is 9.59 Å². The summed E-state index contributed by atoms with van der Waals surface area (Å²) in [5.74, 6) is -1.25. The van der Waals surface area contributed by atoms with Crippen LogP contribution in [0.3, 0.4) is 0 Å². The van der Waals surface area contributed by atoms with Crippen LogP contribution in [-0.4, -0.2) is 49.6 Å². The van der Waals surface area contributed by atoms with Crippen molar-refractivity contribution < 1.29 is 19.1 Å². The topological polar surface area (TPSA) is 129 Å². The van der Waals surface area contributed by atoms with Crippen LogP contribution in [0.2, 0.25) is 0 Å². The molecule has 4 unspecified atom stereocenters. The highest BCUT2D eigenvalue weighted by Crippen LogP contribution is 2.29. The highest BCUT2D eigenvalue weighted by Gasteiger charge is 2.42. The molecule has 2 rings (SSSR count). The van der Waals surface area contributed by atoms with E-state index in [0.29, 0.717) is 12.8 Å². The first-order chi connectivity index (χ1) is 12.4. The fourth-order valence-electron chi connectivity index (χ4n) is 3.88. The molecule has 26 heavy (non-hydrogen) atoms. The molecule has 0 radical (unpaired) electrons. The average Bonchev–Trinajstić information content (AvgIpc) is 2.64. The van der Waals surface area contributed by atoms with Gasteiger partial charge in [-0.25, -0.2) is 9.59 Å². The van der Waals surface area contributed by atoms with Crippen molar-refractivity contribution in [1.29, 1.82) is 0 Å². The van der Waals surface area contributed by atoms with Gasteiger partial charge in [-0.3, -0.25) is 10.6 Å². The zero-order chi connectivity index (χ0) is 19.2. The summed E-state index contributed by atoms with van der Waals surface area (Å²) >= 11 is 0. The summed E-state index contributed by atoms with van der Waals surface area (Å²) in [5, 5.41) is 6.06. The van der Waals surface area contributed by atoms with Crippen molar-refractivity contribution in [2.75, 3.05) is 14.1 Å². The lowest BCUT2D eigenvalue weighted by Crippen LogP contribution is -2.61. The lowest BCUT2D eigenvalue weighted by Gasteiger charge is -2.41. The van der Waals surface area contributed by atoms with E-state index >= 15 is 0 Å². The Labute approximate surface area is 155 Å². The second-order valence-electron chi connectivity index (χ2n) is 7.16. The van der Waals surface area contributed by atoms with Crippen LogP contribution in [0.5, 0.6) is 0 Å². The smallest absolute Gasteiger partial charge is 0.332 e. The lowest BCUT2D eigenvalue weighted by molar-refractivity contribution is -0.166. The molecule has 0 spiro atoms. The summed E-state index contributed by atoms with van der Waals surface area (Å²) in [6.07, 6.45) is 8.89. The molecule has 2 fully saturated rings. The minimum Gasteiger partial charge on any atom is -0.439 e. The van der Waals surface area contributed by atoms with E-state index in [1.807, 2.05) is 0 Å². The van der Waals surface area contributed by atoms with Gasteiger partial charge in [0.15, 0.2) is 11.4 Å². The molecule has 148 valence electrons. The number of hydrogen-bond donors (Lipinski definition) is 4. The third kappa shape index (κ3) is 4.62. The lowest BCUT2D eigenvalue weighted by atomic mass is 9.87. The number of rotatable bonds is 6. The van der Waals surface area contributed by atoms with Gasteiger partial charge < -0.3 is 20.9 Å². The van der Waals surface area contributed by atoms with Crippen LogP contribution in [0, 0.1) is 0 Å². The van der Waals surface area contributed by atoms with E-state index in [0.717, 1.165) is 50.7 Å². The van der Waals surface area contributed by atoms with Gasteiger partial charge in [-0.05, 0) is 39.8 Å². The third-order valence-electron chi connectivity index (χ3n) is 5.59. The molecule has 0 aromatic rings. The predicted octanol–water partition coefficient (Wildman–Crippen LogP) is 0.263. The highest BCUT2D eigenvalue weighted by molar-refractivity contribution is 5.92. The van der Waals surface area contributed by atoms with Crippen molar-refractivity contribution in [3.05, 3.63) is 12.2 Å². The molecule has 0 aliphatic heterocycles. The first-order valence-electron chi connectivity index (χ1n) is 9.40. The summed E-state index contributed by atoms with van der Waals surface area (Å²) in [6, 6.07) is -0.559. The largest absolute Gasteiger partial charge is 0.439 e. The zero-order valence-corrected chi connectivity index (χ0v) is 15.8. The van der Waals surface area contributed by atoms with E-state index in [1.165, 1.54) is 0 Å². The maximum Gasteiger partial charge on any atom is 0.332 e. The molecule has 8 nitrogen and oxygen atoms in total. The van der Waals surface area contributed by atoms with Crippen LogP contribution < -0.4 is 22.1 Å². The van der Waals surface area contributed by atoms with E-state index in [-0.39, 0.29) is 12.1 Å².